The summed E-state index contributed by atoms with van der Waals surface area (Å²) in [5.74, 6) is -0.287. The average molecular weight is 409 g/mol. The number of carbonyl (C=O) groups excluding carboxylic acids is 1. The number of alkyl halides is 2. The number of amides is 1. The lowest BCUT2D eigenvalue weighted by Gasteiger charge is -2.29. The summed E-state index contributed by atoms with van der Waals surface area (Å²) in [7, 11) is 1.49. The van der Waals surface area contributed by atoms with Crippen molar-refractivity contribution in [1.82, 2.24) is 14.7 Å². The van der Waals surface area contributed by atoms with Crippen LogP contribution in [-0.2, 0) is 16.1 Å². The number of methoxy groups -OCH3 is 1. The molecule has 29 heavy (non-hydrogen) atoms. The van der Waals surface area contributed by atoms with Crippen molar-refractivity contribution in [2.75, 3.05) is 13.7 Å². The lowest BCUT2D eigenvalue weighted by Crippen LogP contribution is -2.39. The van der Waals surface area contributed by atoms with Crippen LogP contribution in [0.5, 0.6) is 0 Å². The molecule has 2 aromatic heterocycles. The van der Waals surface area contributed by atoms with E-state index in [-0.39, 0.29) is 36.0 Å². The van der Waals surface area contributed by atoms with Crippen LogP contribution < -0.4 is 5.32 Å². The third-order valence-corrected chi connectivity index (χ3v) is 5.34. The number of rotatable bonds is 9. The van der Waals surface area contributed by atoms with Crippen LogP contribution >= 0.6 is 0 Å². The summed E-state index contributed by atoms with van der Waals surface area (Å²) in [5.41, 5.74) is 0.689. The maximum atomic E-state index is 13.2. The van der Waals surface area contributed by atoms with E-state index in [0.29, 0.717) is 11.3 Å². The second kappa shape index (κ2) is 10.1. The summed E-state index contributed by atoms with van der Waals surface area (Å²) in [5, 5.41) is 3.03. The molecule has 0 aromatic carbocycles. The lowest BCUT2D eigenvalue weighted by molar-refractivity contribution is 0.0209. The molecule has 1 aliphatic carbocycles. The van der Waals surface area contributed by atoms with E-state index >= 15 is 0 Å². The van der Waals surface area contributed by atoms with E-state index in [2.05, 4.69) is 17.2 Å². The zero-order chi connectivity index (χ0) is 20.8. The lowest BCUT2D eigenvalue weighted by atomic mass is 9.92. The van der Waals surface area contributed by atoms with Crippen molar-refractivity contribution in [2.24, 2.45) is 0 Å². The number of ether oxygens (including phenoxy) is 2. The highest BCUT2D eigenvalue weighted by atomic mass is 19.3. The molecule has 0 spiro atoms. The minimum absolute atomic E-state index is 0.0557. The standard InChI is InChI=1S/C21H29F2N3O3/c1-3-4-11-29-16-7-5-14(6-8-16)24-21(27)17-9-10-26-15(13-28-2)12-18(19(22)23)25-20(17)26/h9-10,12,14,16,19H,3-8,11,13H2,1-2H3,(H,24,27)/t14-,16-. The zero-order valence-electron chi connectivity index (χ0n) is 17.0. The number of nitrogens with zero attached hydrogens (tertiary/aromatic N) is 2. The first-order valence-electron chi connectivity index (χ1n) is 10.2. The average Bonchev–Trinajstić information content (AvgIpc) is 3.14. The van der Waals surface area contributed by atoms with Crippen LogP contribution in [0.1, 0.15) is 73.6 Å². The van der Waals surface area contributed by atoms with E-state index in [9.17, 15) is 13.6 Å². The number of aromatic nitrogens is 2. The van der Waals surface area contributed by atoms with Crippen LogP contribution in [0, 0.1) is 0 Å². The van der Waals surface area contributed by atoms with Crippen LogP contribution in [-0.4, -0.2) is 41.2 Å². The molecular weight excluding hydrogens is 380 g/mol. The molecule has 0 saturated heterocycles. The summed E-state index contributed by atoms with van der Waals surface area (Å²) >= 11 is 0. The Morgan fingerprint density at radius 2 is 2.10 bits per heavy atom. The number of nitrogens with one attached hydrogen (secondary N) is 1. The highest BCUT2D eigenvalue weighted by Gasteiger charge is 2.25. The van der Waals surface area contributed by atoms with Gasteiger partial charge in [-0.25, -0.2) is 13.8 Å². The van der Waals surface area contributed by atoms with Crippen LogP contribution in [0.2, 0.25) is 0 Å². The number of hydrogen-bond acceptors (Lipinski definition) is 4. The number of carbonyl (C=O) groups is 1. The molecule has 2 aromatic rings. The predicted octanol–water partition coefficient (Wildman–Crippen LogP) is 4.28. The van der Waals surface area contributed by atoms with Crippen LogP contribution in [0.25, 0.3) is 5.65 Å². The minimum atomic E-state index is -2.72. The van der Waals surface area contributed by atoms with Crippen molar-refractivity contribution in [3.05, 3.63) is 35.3 Å². The third-order valence-electron chi connectivity index (χ3n) is 5.34. The Bertz CT molecular complexity index is 817. The van der Waals surface area contributed by atoms with Crippen LogP contribution in [0.3, 0.4) is 0 Å². The topological polar surface area (TPSA) is 64.9 Å². The molecule has 2 heterocycles. The molecule has 6 nitrogen and oxygen atoms in total. The first-order chi connectivity index (χ1) is 14.0. The van der Waals surface area contributed by atoms with Gasteiger partial charge in [-0.2, -0.15) is 0 Å². The maximum absolute atomic E-state index is 13.2. The van der Waals surface area contributed by atoms with E-state index in [1.165, 1.54) is 13.2 Å². The van der Waals surface area contributed by atoms with E-state index in [1.54, 1.807) is 16.7 Å². The highest BCUT2D eigenvalue weighted by Crippen LogP contribution is 2.24. The van der Waals surface area contributed by atoms with Gasteiger partial charge >= 0.3 is 0 Å². The van der Waals surface area contributed by atoms with Gasteiger partial charge in [0.05, 0.1) is 24.0 Å². The molecule has 0 radical (unpaired) electrons. The molecule has 0 bridgehead atoms. The molecule has 1 aliphatic rings. The molecule has 0 atom stereocenters. The van der Waals surface area contributed by atoms with Gasteiger partial charge in [-0.3, -0.25) is 4.79 Å². The molecule has 1 N–H and O–H groups in total. The zero-order valence-corrected chi connectivity index (χ0v) is 17.0. The normalized spacial score (nSPS) is 19.8. The Hall–Kier alpha value is -2.06. The predicted molar refractivity (Wildman–Crippen MR) is 105 cm³/mol. The summed E-state index contributed by atoms with van der Waals surface area (Å²) < 4.78 is 39.1. The Morgan fingerprint density at radius 3 is 2.76 bits per heavy atom. The van der Waals surface area contributed by atoms with E-state index in [4.69, 9.17) is 9.47 Å². The largest absolute Gasteiger partial charge is 0.378 e. The number of unbranched alkanes of at least 4 members (excludes halogenated alkanes) is 1. The van der Waals surface area contributed by atoms with Gasteiger partial charge in [0, 0.05) is 26.0 Å². The molecule has 3 rings (SSSR count). The van der Waals surface area contributed by atoms with Gasteiger partial charge in [-0.05, 0) is 44.2 Å². The monoisotopic (exact) mass is 409 g/mol. The Labute approximate surface area is 169 Å². The molecular formula is C21H29F2N3O3. The highest BCUT2D eigenvalue weighted by molar-refractivity contribution is 6.00. The Kier molecular flexibility index (Phi) is 7.55. The first kappa shape index (κ1) is 21.6. The first-order valence-corrected chi connectivity index (χ1v) is 10.2. The second-order valence-electron chi connectivity index (χ2n) is 7.50. The van der Waals surface area contributed by atoms with Crippen molar-refractivity contribution < 1.29 is 23.0 Å². The van der Waals surface area contributed by atoms with Crippen molar-refractivity contribution in [2.45, 2.75) is 70.6 Å². The third kappa shape index (κ3) is 5.30. The molecule has 1 fully saturated rings. The smallest absolute Gasteiger partial charge is 0.280 e. The maximum Gasteiger partial charge on any atom is 0.280 e. The fourth-order valence-corrected chi connectivity index (χ4v) is 3.74. The van der Waals surface area contributed by atoms with Crippen molar-refractivity contribution >= 4 is 11.6 Å². The van der Waals surface area contributed by atoms with Gasteiger partial charge in [-0.1, -0.05) is 13.3 Å². The van der Waals surface area contributed by atoms with Gasteiger partial charge in [0.25, 0.3) is 12.3 Å². The fraction of sp³-hybridized carbons (Fsp3) is 0.619. The molecule has 0 aliphatic heterocycles. The number of halogens is 2. The van der Waals surface area contributed by atoms with Gasteiger partial charge in [0.1, 0.15) is 11.3 Å². The molecule has 0 unspecified atom stereocenters. The molecule has 1 saturated carbocycles. The number of hydrogen-bond donors (Lipinski definition) is 1. The van der Waals surface area contributed by atoms with Gasteiger partial charge in [0.15, 0.2) is 0 Å². The molecule has 160 valence electrons. The number of fused-ring (bicyclic) bond motifs is 1. The Balaban J connectivity index is 1.68. The van der Waals surface area contributed by atoms with Crippen molar-refractivity contribution in [1.29, 1.82) is 0 Å². The van der Waals surface area contributed by atoms with Crippen LogP contribution in [0.4, 0.5) is 8.78 Å². The van der Waals surface area contributed by atoms with E-state index < -0.39 is 6.43 Å². The summed E-state index contributed by atoms with van der Waals surface area (Å²) in [6.45, 7) is 3.08. The van der Waals surface area contributed by atoms with Gasteiger partial charge in [-0.15, -0.1) is 0 Å². The van der Waals surface area contributed by atoms with Gasteiger partial charge in [0.2, 0.25) is 0 Å². The van der Waals surface area contributed by atoms with E-state index in [1.807, 2.05) is 0 Å². The van der Waals surface area contributed by atoms with Crippen LogP contribution in [0.15, 0.2) is 18.3 Å². The summed E-state index contributed by atoms with van der Waals surface area (Å²) in [4.78, 5) is 16.8. The van der Waals surface area contributed by atoms with Crippen molar-refractivity contribution in [3.8, 4) is 0 Å². The van der Waals surface area contributed by atoms with E-state index in [0.717, 1.165) is 45.1 Å². The SMILES string of the molecule is CCCCO[C@H]1CC[C@H](NC(=O)c2ccn3c(COC)cc(C(F)F)nc23)CC1. The molecule has 8 heteroatoms. The summed E-state index contributed by atoms with van der Waals surface area (Å²) in [6, 6.07) is 2.98. The minimum Gasteiger partial charge on any atom is -0.378 e. The fourth-order valence-electron chi connectivity index (χ4n) is 3.74. The van der Waals surface area contributed by atoms with Gasteiger partial charge < -0.3 is 19.2 Å². The second-order valence-corrected chi connectivity index (χ2v) is 7.50. The summed E-state index contributed by atoms with van der Waals surface area (Å²) in [6.07, 6.45) is 4.91. The quantitative estimate of drug-likeness (QED) is 0.628. The molecule has 1 amide bonds. The Morgan fingerprint density at radius 1 is 1.34 bits per heavy atom. The van der Waals surface area contributed by atoms with Crippen molar-refractivity contribution in [3.63, 3.8) is 0 Å².